The van der Waals surface area contributed by atoms with E-state index in [0.717, 1.165) is 43.4 Å². The second kappa shape index (κ2) is 8.74. The minimum atomic E-state index is -0.0205. The molecule has 3 N–H and O–H groups in total. The highest BCUT2D eigenvalue weighted by Crippen LogP contribution is 2.31. The van der Waals surface area contributed by atoms with E-state index in [1.807, 2.05) is 22.7 Å². The third-order valence-electron chi connectivity index (χ3n) is 5.25. The molecule has 158 valence electrons. The maximum Gasteiger partial charge on any atom is 0.245 e. The number of hydrogen-bond acceptors (Lipinski definition) is 6. The van der Waals surface area contributed by atoms with E-state index in [4.69, 9.17) is 11.6 Å². The van der Waals surface area contributed by atoms with Crippen molar-refractivity contribution in [3.63, 3.8) is 0 Å². The van der Waals surface area contributed by atoms with Gasteiger partial charge in [-0.2, -0.15) is 15.1 Å². The number of H-pyrrole nitrogens is 1. The average molecular weight is 429 g/mol. The fraction of sp³-hybridized carbons (Fsp3) is 0.400. The number of carbonyl (C=O) groups is 1. The van der Waals surface area contributed by atoms with Gasteiger partial charge < -0.3 is 20.5 Å². The van der Waals surface area contributed by atoms with E-state index in [1.54, 1.807) is 12.4 Å². The standard InChI is InChI=1S/C20H25ClN8O/c1-3-16(30)28-8-5-6-13(7-9-28)24-19-17-15(21)11-22-18(17)26-20(27-19)25-14-10-23-29(4-2)12-14/h3,10-13H,1,4-9H2,2H3,(H3,22,24,25,26,27). The topological polar surface area (TPSA) is 104 Å². The van der Waals surface area contributed by atoms with Gasteiger partial charge in [0.05, 0.1) is 22.3 Å². The molecule has 0 aromatic carbocycles. The number of aryl methyl sites for hydroxylation is 1. The lowest BCUT2D eigenvalue weighted by Crippen LogP contribution is -2.31. The summed E-state index contributed by atoms with van der Waals surface area (Å²) >= 11 is 6.40. The van der Waals surface area contributed by atoms with E-state index >= 15 is 0 Å². The van der Waals surface area contributed by atoms with Crippen molar-refractivity contribution >= 4 is 46.0 Å². The summed E-state index contributed by atoms with van der Waals surface area (Å²) in [6.45, 7) is 7.82. The van der Waals surface area contributed by atoms with Crippen molar-refractivity contribution in [2.75, 3.05) is 23.7 Å². The minimum absolute atomic E-state index is 0.0205. The lowest BCUT2D eigenvalue weighted by molar-refractivity contribution is -0.125. The van der Waals surface area contributed by atoms with Gasteiger partial charge in [-0.3, -0.25) is 9.48 Å². The molecule has 4 rings (SSSR count). The highest BCUT2D eigenvalue weighted by Gasteiger charge is 2.21. The number of likely N-dealkylation sites (tertiary alicyclic amines) is 1. The van der Waals surface area contributed by atoms with Crippen molar-refractivity contribution in [3.8, 4) is 0 Å². The van der Waals surface area contributed by atoms with Crippen LogP contribution in [0, 0.1) is 0 Å². The van der Waals surface area contributed by atoms with Gasteiger partial charge in [0, 0.05) is 38.1 Å². The Morgan fingerprint density at radius 3 is 3.03 bits per heavy atom. The zero-order valence-corrected chi connectivity index (χ0v) is 17.6. The molecule has 9 nitrogen and oxygen atoms in total. The number of rotatable bonds is 6. The summed E-state index contributed by atoms with van der Waals surface area (Å²) in [5, 5.41) is 12.3. The first-order chi connectivity index (χ1) is 14.6. The van der Waals surface area contributed by atoms with Crippen LogP contribution in [0.5, 0.6) is 0 Å². The number of hydrogen-bond donors (Lipinski definition) is 3. The summed E-state index contributed by atoms with van der Waals surface area (Å²) in [5.41, 5.74) is 1.47. The summed E-state index contributed by atoms with van der Waals surface area (Å²) in [4.78, 5) is 26.1. The molecule has 0 radical (unpaired) electrons. The van der Waals surface area contributed by atoms with Crippen molar-refractivity contribution in [2.24, 2.45) is 0 Å². The Morgan fingerprint density at radius 2 is 2.27 bits per heavy atom. The lowest BCUT2D eigenvalue weighted by atomic mass is 10.1. The summed E-state index contributed by atoms with van der Waals surface area (Å²) in [5.74, 6) is 1.11. The van der Waals surface area contributed by atoms with Gasteiger partial charge >= 0.3 is 0 Å². The monoisotopic (exact) mass is 428 g/mol. The summed E-state index contributed by atoms with van der Waals surface area (Å²) < 4.78 is 1.83. The molecule has 0 spiro atoms. The maximum atomic E-state index is 11.9. The Labute approximate surface area is 179 Å². The van der Waals surface area contributed by atoms with Gasteiger partial charge in [-0.05, 0) is 32.3 Å². The van der Waals surface area contributed by atoms with Crippen LogP contribution in [0.15, 0.2) is 31.2 Å². The number of anilines is 3. The lowest BCUT2D eigenvalue weighted by Gasteiger charge is -2.20. The van der Waals surface area contributed by atoms with Gasteiger partial charge in [-0.25, -0.2) is 0 Å². The molecule has 1 atom stereocenters. The van der Waals surface area contributed by atoms with Gasteiger partial charge in [0.2, 0.25) is 11.9 Å². The molecule has 1 aliphatic rings. The molecule has 1 saturated heterocycles. The number of fused-ring (bicyclic) bond motifs is 1. The average Bonchev–Trinajstić information content (AvgIpc) is 3.28. The van der Waals surface area contributed by atoms with Crippen molar-refractivity contribution in [2.45, 2.75) is 38.8 Å². The second-order valence-electron chi connectivity index (χ2n) is 7.27. The first-order valence-electron chi connectivity index (χ1n) is 10.1. The number of aromatic amines is 1. The van der Waals surface area contributed by atoms with Crippen molar-refractivity contribution in [1.29, 1.82) is 0 Å². The number of amides is 1. The van der Waals surface area contributed by atoms with E-state index in [1.165, 1.54) is 6.08 Å². The Hall–Kier alpha value is -3.07. The van der Waals surface area contributed by atoms with Crippen molar-refractivity contribution < 1.29 is 4.79 Å². The zero-order valence-electron chi connectivity index (χ0n) is 16.9. The molecule has 1 aliphatic heterocycles. The van der Waals surface area contributed by atoms with E-state index < -0.39 is 0 Å². The van der Waals surface area contributed by atoms with Gasteiger partial charge in [-0.1, -0.05) is 18.2 Å². The molecular formula is C20H25ClN8O. The Kier molecular flexibility index (Phi) is 5.89. The van der Waals surface area contributed by atoms with Crippen LogP contribution in [0.25, 0.3) is 11.0 Å². The van der Waals surface area contributed by atoms with Crippen LogP contribution in [0.3, 0.4) is 0 Å². The molecule has 0 bridgehead atoms. The fourth-order valence-electron chi connectivity index (χ4n) is 3.67. The fourth-order valence-corrected chi connectivity index (χ4v) is 3.90. The zero-order chi connectivity index (χ0) is 21.1. The number of nitrogens with one attached hydrogen (secondary N) is 3. The van der Waals surface area contributed by atoms with E-state index in [-0.39, 0.29) is 11.9 Å². The number of halogens is 1. The summed E-state index contributed by atoms with van der Waals surface area (Å²) in [6.07, 6.45) is 9.39. The molecular weight excluding hydrogens is 404 g/mol. The van der Waals surface area contributed by atoms with Gasteiger partial charge in [0.25, 0.3) is 0 Å². The third kappa shape index (κ3) is 4.25. The van der Waals surface area contributed by atoms with Crippen LogP contribution in [-0.4, -0.2) is 54.7 Å². The molecule has 3 aromatic rings. The molecule has 30 heavy (non-hydrogen) atoms. The van der Waals surface area contributed by atoms with Crippen molar-refractivity contribution in [3.05, 3.63) is 36.3 Å². The number of carbonyl (C=O) groups excluding carboxylic acids is 1. The largest absolute Gasteiger partial charge is 0.366 e. The SMILES string of the molecule is C=CC(=O)N1CCCC(Nc2nc(Nc3cnn(CC)c3)nc3[nH]cc(Cl)c23)CC1. The minimum Gasteiger partial charge on any atom is -0.366 e. The Balaban J connectivity index is 1.57. The second-order valence-corrected chi connectivity index (χ2v) is 7.67. The molecule has 10 heteroatoms. The van der Waals surface area contributed by atoms with Crippen LogP contribution in [0.2, 0.25) is 5.02 Å². The number of nitrogens with zero attached hydrogens (tertiary/aromatic N) is 5. The molecule has 1 fully saturated rings. The van der Waals surface area contributed by atoms with Crippen LogP contribution in [0.1, 0.15) is 26.2 Å². The molecule has 4 heterocycles. The molecule has 1 amide bonds. The smallest absolute Gasteiger partial charge is 0.245 e. The first-order valence-corrected chi connectivity index (χ1v) is 10.5. The third-order valence-corrected chi connectivity index (χ3v) is 5.55. The summed E-state index contributed by atoms with van der Waals surface area (Å²) in [7, 11) is 0. The Bertz CT molecular complexity index is 1060. The normalized spacial score (nSPS) is 17.0. The quantitative estimate of drug-likeness (QED) is 0.519. The van der Waals surface area contributed by atoms with E-state index in [9.17, 15) is 4.79 Å². The summed E-state index contributed by atoms with van der Waals surface area (Å²) in [6, 6.07) is 0.173. The van der Waals surface area contributed by atoms with Crippen LogP contribution in [-0.2, 0) is 11.3 Å². The molecule has 3 aromatic heterocycles. The van der Waals surface area contributed by atoms with Crippen LogP contribution >= 0.6 is 11.6 Å². The van der Waals surface area contributed by atoms with Crippen LogP contribution < -0.4 is 10.6 Å². The van der Waals surface area contributed by atoms with E-state index in [2.05, 4.69) is 37.3 Å². The van der Waals surface area contributed by atoms with Gasteiger partial charge in [0.1, 0.15) is 11.5 Å². The predicted octanol–water partition coefficient (Wildman–Crippen LogP) is 3.55. The van der Waals surface area contributed by atoms with Crippen LogP contribution in [0.4, 0.5) is 17.5 Å². The first kappa shape index (κ1) is 20.2. The highest BCUT2D eigenvalue weighted by molar-refractivity contribution is 6.36. The highest BCUT2D eigenvalue weighted by atomic mass is 35.5. The predicted molar refractivity (Wildman–Crippen MR) is 118 cm³/mol. The van der Waals surface area contributed by atoms with Gasteiger partial charge in [0.15, 0.2) is 0 Å². The van der Waals surface area contributed by atoms with Gasteiger partial charge in [-0.15, -0.1) is 0 Å². The molecule has 0 saturated carbocycles. The molecule has 1 unspecified atom stereocenters. The van der Waals surface area contributed by atoms with E-state index in [0.29, 0.717) is 29.0 Å². The molecule has 0 aliphatic carbocycles. The van der Waals surface area contributed by atoms with Crippen molar-refractivity contribution in [1.82, 2.24) is 29.6 Å². The Morgan fingerprint density at radius 1 is 1.40 bits per heavy atom. The number of aromatic nitrogens is 5. The maximum absolute atomic E-state index is 11.9.